The van der Waals surface area contributed by atoms with Gasteiger partial charge in [0.1, 0.15) is 5.75 Å². The van der Waals surface area contributed by atoms with Gasteiger partial charge in [-0.25, -0.2) is 0 Å². The molecule has 4 heteroatoms. The first-order valence-electron chi connectivity index (χ1n) is 6.34. The summed E-state index contributed by atoms with van der Waals surface area (Å²) in [5.41, 5.74) is 1.09. The Morgan fingerprint density at radius 1 is 1.50 bits per heavy atom. The van der Waals surface area contributed by atoms with Crippen LogP contribution in [0.15, 0.2) is 24.3 Å². The number of hydrogen-bond donors (Lipinski definition) is 1. The molecule has 0 radical (unpaired) electrons. The van der Waals surface area contributed by atoms with Gasteiger partial charge in [0.2, 0.25) is 0 Å². The summed E-state index contributed by atoms with van der Waals surface area (Å²) in [6.45, 7) is 2.82. The van der Waals surface area contributed by atoms with Crippen LogP contribution in [0, 0.1) is 11.3 Å². The standard InChI is InChI=1S/C14H19N3O/c1-18-14-6-3-2-5-13(14)17-10-4-9-16-11-12(17)7-8-15/h2-3,5-6,12,16H,4,7,9-11H2,1H3. The summed E-state index contributed by atoms with van der Waals surface area (Å²) in [5, 5.41) is 12.4. The minimum atomic E-state index is 0.216. The van der Waals surface area contributed by atoms with Crippen molar-refractivity contribution in [2.45, 2.75) is 18.9 Å². The highest BCUT2D eigenvalue weighted by molar-refractivity contribution is 5.59. The maximum Gasteiger partial charge on any atom is 0.142 e. The summed E-state index contributed by atoms with van der Waals surface area (Å²) in [6.07, 6.45) is 1.62. The molecule has 1 aromatic carbocycles. The van der Waals surface area contributed by atoms with E-state index in [4.69, 9.17) is 10.00 Å². The Kier molecular flexibility index (Phi) is 4.43. The summed E-state index contributed by atoms with van der Waals surface area (Å²) < 4.78 is 5.42. The van der Waals surface area contributed by atoms with Crippen LogP contribution in [0.4, 0.5) is 5.69 Å². The Morgan fingerprint density at radius 3 is 3.11 bits per heavy atom. The van der Waals surface area contributed by atoms with Crippen molar-refractivity contribution in [2.75, 3.05) is 31.6 Å². The molecule has 0 saturated carbocycles. The maximum atomic E-state index is 8.97. The second-order valence-corrected chi connectivity index (χ2v) is 4.44. The maximum absolute atomic E-state index is 8.97. The lowest BCUT2D eigenvalue weighted by Gasteiger charge is -2.31. The molecule has 0 spiro atoms. The Hall–Kier alpha value is -1.73. The first kappa shape index (κ1) is 12.7. The number of hydrogen-bond acceptors (Lipinski definition) is 4. The normalized spacial score (nSPS) is 20.0. The predicted molar refractivity (Wildman–Crippen MR) is 71.8 cm³/mol. The van der Waals surface area contributed by atoms with Gasteiger partial charge in [-0.05, 0) is 25.1 Å². The smallest absolute Gasteiger partial charge is 0.142 e. The third-order valence-corrected chi connectivity index (χ3v) is 3.29. The van der Waals surface area contributed by atoms with Crippen molar-refractivity contribution in [1.82, 2.24) is 5.32 Å². The van der Waals surface area contributed by atoms with Crippen molar-refractivity contribution in [3.63, 3.8) is 0 Å². The summed E-state index contributed by atoms with van der Waals surface area (Å²) >= 11 is 0. The molecular formula is C14H19N3O. The van der Waals surface area contributed by atoms with Gasteiger partial charge in [0, 0.05) is 13.1 Å². The molecule has 0 aliphatic carbocycles. The topological polar surface area (TPSA) is 48.3 Å². The molecule has 0 amide bonds. The quantitative estimate of drug-likeness (QED) is 0.881. The van der Waals surface area contributed by atoms with E-state index >= 15 is 0 Å². The van der Waals surface area contributed by atoms with E-state index < -0.39 is 0 Å². The molecule has 96 valence electrons. The molecule has 1 fully saturated rings. The van der Waals surface area contributed by atoms with Crippen LogP contribution in [0.2, 0.25) is 0 Å². The van der Waals surface area contributed by atoms with Gasteiger partial charge in [0.25, 0.3) is 0 Å². The van der Waals surface area contributed by atoms with Gasteiger partial charge in [0.15, 0.2) is 0 Å². The number of nitrogens with zero attached hydrogens (tertiary/aromatic N) is 2. The van der Waals surface area contributed by atoms with Crippen LogP contribution in [0.3, 0.4) is 0 Å². The molecule has 2 rings (SSSR count). The molecule has 1 aliphatic rings. The number of nitrogens with one attached hydrogen (secondary N) is 1. The second-order valence-electron chi connectivity index (χ2n) is 4.44. The van der Waals surface area contributed by atoms with Crippen LogP contribution in [-0.2, 0) is 0 Å². The van der Waals surface area contributed by atoms with E-state index in [-0.39, 0.29) is 6.04 Å². The number of rotatable bonds is 3. The number of para-hydroxylation sites is 2. The van der Waals surface area contributed by atoms with Gasteiger partial charge in [-0.15, -0.1) is 0 Å². The largest absolute Gasteiger partial charge is 0.495 e. The Morgan fingerprint density at radius 2 is 2.33 bits per heavy atom. The van der Waals surface area contributed by atoms with E-state index in [9.17, 15) is 0 Å². The van der Waals surface area contributed by atoms with Crippen molar-refractivity contribution in [3.05, 3.63) is 24.3 Å². The fraction of sp³-hybridized carbons (Fsp3) is 0.500. The summed E-state index contributed by atoms with van der Waals surface area (Å²) in [6, 6.07) is 10.5. The van der Waals surface area contributed by atoms with E-state index in [1.54, 1.807) is 7.11 Å². The van der Waals surface area contributed by atoms with Crippen molar-refractivity contribution >= 4 is 5.69 Å². The van der Waals surface area contributed by atoms with Gasteiger partial charge < -0.3 is 15.0 Å². The summed E-state index contributed by atoms with van der Waals surface area (Å²) in [4.78, 5) is 2.29. The highest BCUT2D eigenvalue weighted by atomic mass is 16.5. The zero-order chi connectivity index (χ0) is 12.8. The summed E-state index contributed by atoms with van der Waals surface area (Å²) in [7, 11) is 1.69. The number of ether oxygens (including phenoxy) is 1. The van der Waals surface area contributed by atoms with E-state index in [0.717, 1.165) is 37.5 Å². The third kappa shape index (κ3) is 2.74. The molecule has 18 heavy (non-hydrogen) atoms. The zero-order valence-corrected chi connectivity index (χ0v) is 10.7. The summed E-state index contributed by atoms with van der Waals surface area (Å²) in [5.74, 6) is 0.877. The van der Waals surface area contributed by atoms with Gasteiger partial charge >= 0.3 is 0 Å². The van der Waals surface area contributed by atoms with E-state index in [1.165, 1.54) is 0 Å². The Labute approximate surface area is 108 Å². The van der Waals surface area contributed by atoms with Crippen molar-refractivity contribution in [3.8, 4) is 11.8 Å². The molecular weight excluding hydrogens is 226 g/mol. The van der Waals surface area contributed by atoms with Gasteiger partial charge in [-0.2, -0.15) is 5.26 Å². The average Bonchev–Trinajstić information content (AvgIpc) is 2.65. The van der Waals surface area contributed by atoms with Crippen LogP contribution in [0.1, 0.15) is 12.8 Å². The Bertz CT molecular complexity index is 427. The lowest BCUT2D eigenvalue weighted by Crippen LogP contribution is -2.39. The van der Waals surface area contributed by atoms with Crippen LogP contribution in [-0.4, -0.2) is 32.8 Å². The lowest BCUT2D eigenvalue weighted by atomic mass is 10.1. The highest BCUT2D eigenvalue weighted by Crippen LogP contribution is 2.30. The number of nitriles is 1. The Balaban J connectivity index is 2.29. The molecule has 1 saturated heterocycles. The molecule has 0 aromatic heterocycles. The van der Waals surface area contributed by atoms with Crippen LogP contribution in [0.5, 0.6) is 5.75 Å². The second kappa shape index (κ2) is 6.27. The first-order valence-corrected chi connectivity index (χ1v) is 6.34. The molecule has 1 atom stereocenters. The lowest BCUT2D eigenvalue weighted by molar-refractivity contribution is 0.412. The number of methoxy groups -OCH3 is 1. The number of anilines is 1. The van der Waals surface area contributed by atoms with Crippen molar-refractivity contribution in [1.29, 1.82) is 5.26 Å². The third-order valence-electron chi connectivity index (χ3n) is 3.29. The van der Waals surface area contributed by atoms with Crippen LogP contribution < -0.4 is 15.0 Å². The van der Waals surface area contributed by atoms with E-state index in [0.29, 0.717) is 6.42 Å². The van der Waals surface area contributed by atoms with Gasteiger partial charge in [-0.1, -0.05) is 12.1 Å². The van der Waals surface area contributed by atoms with Gasteiger partial charge in [-0.3, -0.25) is 0 Å². The van der Waals surface area contributed by atoms with E-state index in [2.05, 4.69) is 22.4 Å². The van der Waals surface area contributed by atoms with Crippen molar-refractivity contribution < 1.29 is 4.74 Å². The molecule has 1 unspecified atom stereocenters. The van der Waals surface area contributed by atoms with Crippen LogP contribution >= 0.6 is 0 Å². The zero-order valence-electron chi connectivity index (χ0n) is 10.7. The minimum Gasteiger partial charge on any atom is -0.495 e. The minimum absolute atomic E-state index is 0.216. The fourth-order valence-corrected chi connectivity index (χ4v) is 2.41. The monoisotopic (exact) mass is 245 g/mol. The molecule has 1 heterocycles. The molecule has 0 bridgehead atoms. The highest BCUT2D eigenvalue weighted by Gasteiger charge is 2.22. The van der Waals surface area contributed by atoms with E-state index in [1.807, 2.05) is 18.2 Å². The molecule has 1 aliphatic heterocycles. The molecule has 4 nitrogen and oxygen atoms in total. The van der Waals surface area contributed by atoms with Crippen molar-refractivity contribution in [2.24, 2.45) is 0 Å². The first-order chi connectivity index (χ1) is 8.86. The van der Waals surface area contributed by atoms with Gasteiger partial charge in [0.05, 0.1) is 31.3 Å². The predicted octanol–water partition coefficient (Wildman–Crippen LogP) is 1.78. The average molecular weight is 245 g/mol. The number of benzene rings is 1. The SMILES string of the molecule is COc1ccccc1N1CCCNCC1CC#N. The van der Waals surface area contributed by atoms with Crippen LogP contribution in [0.25, 0.3) is 0 Å². The fourth-order valence-electron chi connectivity index (χ4n) is 2.41. The molecule has 1 aromatic rings. The molecule has 1 N–H and O–H groups in total.